The molecular weight excluding hydrogens is 453 g/mol. The number of aryl methyl sites for hydroxylation is 1. The molecule has 7 nitrogen and oxygen atoms in total. The van der Waals surface area contributed by atoms with Gasteiger partial charge in [-0.3, -0.25) is 9.78 Å². The minimum absolute atomic E-state index is 0.112. The molecule has 3 rings (SSSR count). The van der Waals surface area contributed by atoms with Crippen molar-refractivity contribution in [2.75, 3.05) is 19.0 Å². The standard InChI is InChI=1S/C19H17F3N4O3S2/c1-11-17(30-18(24-11)26(2)3)31(28,29)25-16(27)15-10-13(7-8-23-15)12-5-4-6-14(9-12)19(20,21)22/h4-10H,1-3H3,(H,25,27). The highest BCUT2D eigenvalue weighted by Gasteiger charge is 2.30. The molecule has 0 spiro atoms. The van der Waals surface area contributed by atoms with Gasteiger partial charge in [0, 0.05) is 20.3 Å². The first-order chi connectivity index (χ1) is 14.4. The number of benzene rings is 1. The first-order valence-electron chi connectivity index (χ1n) is 8.74. The molecule has 0 unspecified atom stereocenters. The number of rotatable bonds is 5. The molecule has 0 atom stereocenters. The molecule has 0 radical (unpaired) electrons. The fraction of sp³-hybridized carbons (Fsp3) is 0.211. The largest absolute Gasteiger partial charge is 0.416 e. The summed E-state index contributed by atoms with van der Waals surface area (Å²) in [5, 5.41) is 0.454. The van der Waals surface area contributed by atoms with E-state index in [1.807, 2.05) is 4.72 Å². The minimum atomic E-state index is -4.52. The lowest BCUT2D eigenvalue weighted by molar-refractivity contribution is -0.137. The van der Waals surface area contributed by atoms with Gasteiger partial charge in [0.05, 0.1) is 11.3 Å². The number of halogens is 3. The molecule has 0 aliphatic heterocycles. The lowest BCUT2D eigenvalue weighted by Crippen LogP contribution is -2.31. The van der Waals surface area contributed by atoms with E-state index in [-0.39, 0.29) is 26.7 Å². The van der Waals surface area contributed by atoms with Crippen LogP contribution in [0.4, 0.5) is 18.3 Å². The SMILES string of the molecule is Cc1nc(N(C)C)sc1S(=O)(=O)NC(=O)c1cc(-c2cccc(C(F)(F)F)c2)ccn1. The Morgan fingerprint density at radius 1 is 1.13 bits per heavy atom. The van der Waals surface area contributed by atoms with E-state index < -0.39 is 27.7 Å². The maximum atomic E-state index is 13.0. The highest BCUT2D eigenvalue weighted by atomic mass is 32.2. The van der Waals surface area contributed by atoms with Crippen LogP contribution in [0, 0.1) is 6.92 Å². The fourth-order valence-electron chi connectivity index (χ4n) is 2.64. The van der Waals surface area contributed by atoms with Gasteiger partial charge in [-0.2, -0.15) is 13.2 Å². The molecule has 0 saturated heterocycles. The van der Waals surface area contributed by atoms with Gasteiger partial charge in [-0.25, -0.2) is 18.1 Å². The molecule has 31 heavy (non-hydrogen) atoms. The predicted molar refractivity (Wildman–Crippen MR) is 111 cm³/mol. The van der Waals surface area contributed by atoms with Gasteiger partial charge in [-0.1, -0.05) is 23.5 Å². The second-order valence-corrected chi connectivity index (χ2v) is 9.56. The Hall–Kier alpha value is -2.99. The van der Waals surface area contributed by atoms with E-state index in [9.17, 15) is 26.4 Å². The monoisotopic (exact) mass is 470 g/mol. The lowest BCUT2D eigenvalue weighted by atomic mass is 10.0. The number of carbonyl (C=O) groups excluding carboxylic acids is 1. The summed E-state index contributed by atoms with van der Waals surface area (Å²) in [6.07, 6.45) is -3.30. The van der Waals surface area contributed by atoms with Crippen LogP contribution in [0.25, 0.3) is 11.1 Å². The number of carbonyl (C=O) groups is 1. The van der Waals surface area contributed by atoms with Crippen LogP contribution in [0.15, 0.2) is 46.8 Å². The zero-order chi connectivity index (χ0) is 23.0. The number of nitrogens with zero attached hydrogens (tertiary/aromatic N) is 3. The third-order valence-electron chi connectivity index (χ3n) is 4.11. The molecule has 0 fully saturated rings. The maximum Gasteiger partial charge on any atom is 0.416 e. The zero-order valence-electron chi connectivity index (χ0n) is 16.6. The first kappa shape index (κ1) is 22.7. The fourth-order valence-corrected chi connectivity index (χ4v) is 5.03. The van der Waals surface area contributed by atoms with Crippen molar-refractivity contribution in [1.29, 1.82) is 0 Å². The Morgan fingerprint density at radius 2 is 1.81 bits per heavy atom. The van der Waals surface area contributed by atoms with Crippen LogP contribution < -0.4 is 9.62 Å². The van der Waals surface area contributed by atoms with Crippen molar-refractivity contribution in [3.8, 4) is 11.1 Å². The quantitative estimate of drug-likeness (QED) is 0.611. The van der Waals surface area contributed by atoms with Gasteiger partial charge in [-0.05, 0) is 42.3 Å². The van der Waals surface area contributed by atoms with Crippen molar-refractivity contribution >= 4 is 32.4 Å². The average Bonchev–Trinajstić information content (AvgIpc) is 3.10. The molecule has 1 aromatic carbocycles. The van der Waals surface area contributed by atoms with Crippen LogP contribution in [-0.2, 0) is 16.2 Å². The second-order valence-electron chi connectivity index (χ2n) is 6.71. The molecule has 2 heterocycles. The van der Waals surface area contributed by atoms with Crippen LogP contribution in [0.1, 0.15) is 21.7 Å². The van der Waals surface area contributed by atoms with Gasteiger partial charge < -0.3 is 4.90 Å². The third-order valence-corrected chi connectivity index (χ3v) is 7.38. The molecule has 0 aliphatic carbocycles. The summed E-state index contributed by atoms with van der Waals surface area (Å²) in [4.78, 5) is 22.2. The molecule has 3 aromatic rings. The topological polar surface area (TPSA) is 92.3 Å². The van der Waals surface area contributed by atoms with E-state index in [1.165, 1.54) is 37.4 Å². The van der Waals surface area contributed by atoms with Crippen LogP contribution in [0.3, 0.4) is 0 Å². The van der Waals surface area contributed by atoms with E-state index in [4.69, 9.17) is 0 Å². The highest BCUT2D eigenvalue weighted by molar-refractivity contribution is 7.92. The van der Waals surface area contributed by atoms with Crippen LogP contribution in [0.5, 0.6) is 0 Å². The van der Waals surface area contributed by atoms with Crippen molar-refractivity contribution in [2.24, 2.45) is 0 Å². The van der Waals surface area contributed by atoms with Crippen molar-refractivity contribution in [2.45, 2.75) is 17.3 Å². The molecule has 0 bridgehead atoms. The summed E-state index contributed by atoms with van der Waals surface area (Å²) >= 11 is 0.901. The van der Waals surface area contributed by atoms with Crippen molar-refractivity contribution in [3.05, 3.63) is 59.5 Å². The van der Waals surface area contributed by atoms with Crippen LogP contribution in [0.2, 0.25) is 0 Å². The van der Waals surface area contributed by atoms with E-state index >= 15 is 0 Å². The Labute approximate surface area is 180 Å². The third kappa shape index (κ3) is 5.02. The number of anilines is 1. The number of hydrogen-bond acceptors (Lipinski definition) is 7. The van der Waals surface area contributed by atoms with E-state index in [2.05, 4.69) is 9.97 Å². The van der Waals surface area contributed by atoms with E-state index in [0.717, 1.165) is 23.5 Å². The van der Waals surface area contributed by atoms with Crippen LogP contribution in [-0.4, -0.2) is 38.4 Å². The normalized spacial score (nSPS) is 11.9. The first-order valence-corrected chi connectivity index (χ1v) is 11.0. The van der Waals surface area contributed by atoms with E-state index in [1.54, 1.807) is 19.0 Å². The Bertz CT molecular complexity index is 1240. The number of amides is 1. The number of pyridine rings is 1. The summed E-state index contributed by atoms with van der Waals surface area (Å²) in [6.45, 7) is 1.51. The lowest BCUT2D eigenvalue weighted by Gasteiger charge is -2.10. The van der Waals surface area contributed by atoms with Crippen molar-refractivity contribution < 1.29 is 26.4 Å². The Balaban J connectivity index is 1.89. The van der Waals surface area contributed by atoms with Gasteiger partial charge in [0.25, 0.3) is 15.9 Å². The number of alkyl halides is 3. The Kier molecular flexibility index (Phi) is 6.05. The highest BCUT2D eigenvalue weighted by Crippen LogP contribution is 2.32. The molecule has 2 aromatic heterocycles. The van der Waals surface area contributed by atoms with Gasteiger partial charge in [0.1, 0.15) is 5.69 Å². The number of sulfonamides is 1. The van der Waals surface area contributed by atoms with Crippen molar-refractivity contribution in [3.63, 3.8) is 0 Å². The van der Waals surface area contributed by atoms with Gasteiger partial charge >= 0.3 is 6.18 Å². The van der Waals surface area contributed by atoms with Crippen molar-refractivity contribution in [1.82, 2.24) is 14.7 Å². The molecule has 0 saturated carbocycles. The summed E-state index contributed by atoms with van der Waals surface area (Å²) in [6, 6.07) is 7.23. The Morgan fingerprint density at radius 3 is 2.42 bits per heavy atom. The molecular formula is C19H17F3N4O3S2. The molecule has 12 heteroatoms. The van der Waals surface area contributed by atoms with Gasteiger partial charge in [0.15, 0.2) is 9.34 Å². The molecule has 1 N–H and O–H groups in total. The summed E-state index contributed by atoms with van der Waals surface area (Å²) in [5.41, 5.74) is -0.364. The summed E-state index contributed by atoms with van der Waals surface area (Å²) in [7, 11) is -0.804. The number of nitrogens with one attached hydrogen (secondary N) is 1. The van der Waals surface area contributed by atoms with Gasteiger partial charge in [0.2, 0.25) is 0 Å². The number of thiazole rings is 1. The number of hydrogen-bond donors (Lipinski definition) is 1. The summed E-state index contributed by atoms with van der Waals surface area (Å²) < 4.78 is 66.0. The smallest absolute Gasteiger partial charge is 0.354 e. The predicted octanol–water partition coefficient (Wildman–Crippen LogP) is 3.72. The van der Waals surface area contributed by atoms with Crippen LogP contribution >= 0.6 is 11.3 Å². The second kappa shape index (κ2) is 8.27. The minimum Gasteiger partial charge on any atom is -0.354 e. The van der Waals surface area contributed by atoms with E-state index in [0.29, 0.717) is 5.13 Å². The molecule has 0 aliphatic rings. The molecule has 1 amide bonds. The zero-order valence-corrected chi connectivity index (χ0v) is 18.2. The summed E-state index contributed by atoms with van der Waals surface area (Å²) in [5.74, 6) is -1.01. The average molecular weight is 470 g/mol. The van der Waals surface area contributed by atoms with Gasteiger partial charge in [-0.15, -0.1) is 0 Å². The molecule has 164 valence electrons. The maximum absolute atomic E-state index is 13.0. The number of aromatic nitrogens is 2.